The number of nitrogens with one attached hydrogen (secondary N) is 1. The maximum Gasteiger partial charge on any atom is 0.220 e. The molecular weight excluding hydrogens is 302 g/mol. The summed E-state index contributed by atoms with van der Waals surface area (Å²) in [5, 5.41) is 3.08. The van der Waals surface area contributed by atoms with Crippen LogP contribution in [0.15, 0.2) is 40.9 Å². The fourth-order valence-corrected chi connectivity index (χ4v) is 2.69. The molecule has 0 bridgehead atoms. The van der Waals surface area contributed by atoms with E-state index in [2.05, 4.69) is 24.1 Å². The summed E-state index contributed by atoms with van der Waals surface area (Å²) in [7, 11) is 0. The van der Waals surface area contributed by atoms with E-state index in [0.29, 0.717) is 31.7 Å². The van der Waals surface area contributed by atoms with Crippen LogP contribution in [0.2, 0.25) is 0 Å². The zero-order valence-electron chi connectivity index (χ0n) is 14.5. The molecule has 5 nitrogen and oxygen atoms in total. The number of carbonyl (C=O) groups excluding carboxylic acids is 1. The summed E-state index contributed by atoms with van der Waals surface area (Å²) in [6, 6.07) is 9.87. The lowest BCUT2D eigenvalue weighted by molar-refractivity contribution is -0.123. The lowest BCUT2D eigenvalue weighted by atomic mass is 9.92. The van der Waals surface area contributed by atoms with Gasteiger partial charge in [-0.15, -0.1) is 0 Å². The van der Waals surface area contributed by atoms with Crippen molar-refractivity contribution in [3.05, 3.63) is 42.4 Å². The highest BCUT2D eigenvalue weighted by Gasteiger charge is 2.25. The number of nitrogens with two attached hydrogens (primary N) is 1. The Morgan fingerprint density at radius 2 is 1.96 bits per heavy atom. The van der Waals surface area contributed by atoms with E-state index in [1.165, 1.54) is 0 Å². The summed E-state index contributed by atoms with van der Waals surface area (Å²) >= 11 is 0. The quantitative estimate of drug-likeness (QED) is 0.739. The number of carbonyl (C=O) groups is 1. The van der Waals surface area contributed by atoms with Gasteiger partial charge in [0.25, 0.3) is 0 Å². The molecule has 0 unspecified atom stereocenters. The van der Waals surface area contributed by atoms with Crippen molar-refractivity contribution in [2.24, 2.45) is 5.73 Å². The summed E-state index contributed by atoms with van der Waals surface area (Å²) in [6.45, 7) is 4.56. The molecule has 1 heterocycles. The molecule has 0 saturated carbocycles. The Morgan fingerprint density at radius 3 is 2.58 bits per heavy atom. The third-order valence-electron chi connectivity index (χ3n) is 4.56. The molecule has 0 aliphatic heterocycles. The first kappa shape index (κ1) is 18.2. The molecular formula is C19H27N3O2. The maximum absolute atomic E-state index is 12.1. The fraction of sp³-hybridized carbons (Fsp3) is 0.474. The lowest BCUT2D eigenvalue weighted by Gasteiger charge is -2.31. The van der Waals surface area contributed by atoms with Gasteiger partial charge in [0.1, 0.15) is 0 Å². The van der Waals surface area contributed by atoms with Gasteiger partial charge in [0.15, 0.2) is 11.7 Å². The van der Waals surface area contributed by atoms with Gasteiger partial charge >= 0.3 is 0 Å². The van der Waals surface area contributed by atoms with E-state index < -0.39 is 0 Å². The van der Waals surface area contributed by atoms with Crippen LogP contribution in [-0.2, 0) is 11.2 Å². The highest BCUT2D eigenvalue weighted by Crippen LogP contribution is 2.20. The van der Waals surface area contributed by atoms with E-state index >= 15 is 0 Å². The summed E-state index contributed by atoms with van der Waals surface area (Å²) < 4.78 is 5.75. The summed E-state index contributed by atoms with van der Waals surface area (Å²) in [5.74, 6) is 1.46. The minimum absolute atomic E-state index is 0.0407. The van der Waals surface area contributed by atoms with Crippen LogP contribution in [0, 0.1) is 0 Å². The van der Waals surface area contributed by atoms with Crippen molar-refractivity contribution in [2.75, 3.05) is 6.54 Å². The largest absolute Gasteiger partial charge is 0.441 e. The summed E-state index contributed by atoms with van der Waals surface area (Å²) in [5.41, 5.74) is 6.54. The van der Waals surface area contributed by atoms with Gasteiger partial charge < -0.3 is 15.5 Å². The summed E-state index contributed by atoms with van der Waals surface area (Å²) in [6.07, 6.45) is 5.21. The Balaban J connectivity index is 1.82. The van der Waals surface area contributed by atoms with E-state index in [0.717, 1.165) is 24.2 Å². The lowest BCUT2D eigenvalue weighted by Crippen LogP contribution is -2.52. The van der Waals surface area contributed by atoms with E-state index in [9.17, 15) is 4.79 Å². The van der Waals surface area contributed by atoms with Crippen molar-refractivity contribution in [1.29, 1.82) is 0 Å². The Bertz CT molecular complexity index is 625. The van der Waals surface area contributed by atoms with Crippen LogP contribution in [0.5, 0.6) is 0 Å². The predicted molar refractivity (Wildman–Crippen MR) is 95.4 cm³/mol. The average Bonchev–Trinajstić information content (AvgIpc) is 3.09. The Hall–Kier alpha value is -2.14. The van der Waals surface area contributed by atoms with E-state index in [-0.39, 0.29) is 11.4 Å². The number of oxazole rings is 1. The van der Waals surface area contributed by atoms with Crippen LogP contribution in [0.3, 0.4) is 0 Å². The molecule has 0 spiro atoms. The van der Waals surface area contributed by atoms with Crippen molar-refractivity contribution < 1.29 is 9.21 Å². The van der Waals surface area contributed by atoms with Gasteiger partial charge in [-0.25, -0.2) is 4.98 Å². The first-order valence-electron chi connectivity index (χ1n) is 8.63. The molecule has 3 N–H and O–H groups in total. The number of amides is 1. The van der Waals surface area contributed by atoms with Gasteiger partial charge in [-0.1, -0.05) is 44.2 Å². The highest BCUT2D eigenvalue weighted by atomic mass is 16.4. The van der Waals surface area contributed by atoms with Crippen molar-refractivity contribution >= 4 is 5.91 Å². The fourth-order valence-electron chi connectivity index (χ4n) is 2.69. The smallest absolute Gasteiger partial charge is 0.220 e. The second-order valence-electron chi connectivity index (χ2n) is 6.08. The molecule has 1 amide bonds. The minimum Gasteiger partial charge on any atom is -0.441 e. The molecule has 2 aromatic rings. The number of aryl methyl sites for hydroxylation is 1. The van der Waals surface area contributed by atoms with E-state index in [1.807, 2.05) is 30.3 Å². The molecule has 0 saturated heterocycles. The third-order valence-corrected chi connectivity index (χ3v) is 4.56. The molecule has 0 radical (unpaired) electrons. The van der Waals surface area contributed by atoms with Gasteiger partial charge in [0.05, 0.1) is 11.7 Å². The van der Waals surface area contributed by atoms with E-state index in [4.69, 9.17) is 10.2 Å². The van der Waals surface area contributed by atoms with Gasteiger partial charge in [0.2, 0.25) is 5.91 Å². The molecule has 24 heavy (non-hydrogen) atoms. The number of nitrogens with zero attached hydrogens (tertiary/aromatic N) is 1. The number of aromatic nitrogens is 1. The first-order valence-corrected chi connectivity index (χ1v) is 8.63. The number of hydrogen-bond donors (Lipinski definition) is 2. The normalized spacial score (nSPS) is 11.5. The van der Waals surface area contributed by atoms with Gasteiger partial charge in [-0.3, -0.25) is 4.79 Å². The molecule has 0 aliphatic rings. The standard InChI is InChI=1S/C19H27N3O2/c1-3-19(4-2,14-20)22-17(23)11-8-12-18-21-13-16(24-18)15-9-6-5-7-10-15/h5-7,9-10,13H,3-4,8,11-12,14,20H2,1-2H3,(H,22,23). The topological polar surface area (TPSA) is 81.1 Å². The van der Waals surface area contributed by atoms with Crippen LogP contribution >= 0.6 is 0 Å². The van der Waals surface area contributed by atoms with Crippen LogP contribution in [0.1, 0.15) is 45.4 Å². The predicted octanol–water partition coefficient (Wildman–Crippen LogP) is 3.30. The van der Waals surface area contributed by atoms with Crippen LogP contribution in [-0.4, -0.2) is 23.0 Å². The molecule has 1 aromatic carbocycles. The second-order valence-corrected chi connectivity index (χ2v) is 6.08. The Labute approximate surface area is 143 Å². The average molecular weight is 329 g/mol. The SMILES string of the molecule is CCC(CC)(CN)NC(=O)CCCc1ncc(-c2ccccc2)o1. The molecule has 0 fully saturated rings. The Morgan fingerprint density at radius 1 is 1.25 bits per heavy atom. The monoisotopic (exact) mass is 329 g/mol. The molecule has 1 aromatic heterocycles. The first-order chi connectivity index (χ1) is 11.6. The van der Waals surface area contributed by atoms with Crippen molar-refractivity contribution in [3.63, 3.8) is 0 Å². The van der Waals surface area contributed by atoms with Gasteiger partial charge in [0, 0.05) is 24.9 Å². The number of benzene rings is 1. The van der Waals surface area contributed by atoms with Crippen molar-refractivity contribution in [3.8, 4) is 11.3 Å². The zero-order valence-corrected chi connectivity index (χ0v) is 14.5. The second kappa shape index (κ2) is 8.64. The van der Waals surface area contributed by atoms with Crippen molar-refractivity contribution in [2.45, 2.75) is 51.5 Å². The van der Waals surface area contributed by atoms with Gasteiger partial charge in [-0.05, 0) is 19.3 Å². The van der Waals surface area contributed by atoms with Crippen LogP contribution < -0.4 is 11.1 Å². The Kier molecular flexibility index (Phi) is 6.55. The minimum atomic E-state index is -0.277. The number of hydrogen-bond acceptors (Lipinski definition) is 4. The van der Waals surface area contributed by atoms with Crippen molar-refractivity contribution in [1.82, 2.24) is 10.3 Å². The van der Waals surface area contributed by atoms with E-state index in [1.54, 1.807) is 6.20 Å². The number of rotatable bonds is 9. The highest BCUT2D eigenvalue weighted by molar-refractivity contribution is 5.76. The zero-order chi connectivity index (χ0) is 17.4. The van der Waals surface area contributed by atoms with Gasteiger partial charge in [-0.2, -0.15) is 0 Å². The van der Waals surface area contributed by atoms with Crippen LogP contribution in [0.25, 0.3) is 11.3 Å². The molecule has 5 heteroatoms. The third kappa shape index (κ3) is 4.68. The molecule has 2 rings (SSSR count). The summed E-state index contributed by atoms with van der Waals surface area (Å²) in [4.78, 5) is 16.4. The maximum atomic E-state index is 12.1. The molecule has 0 aliphatic carbocycles. The molecule has 0 atom stereocenters. The van der Waals surface area contributed by atoms with Crippen LogP contribution in [0.4, 0.5) is 0 Å². The molecule has 130 valence electrons.